The normalized spacial score (nSPS) is 14.7. The Bertz CT molecular complexity index is 1840. The molecule has 0 bridgehead atoms. The van der Waals surface area contributed by atoms with Crippen LogP contribution in [0.5, 0.6) is 0 Å². The van der Waals surface area contributed by atoms with E-state index < -0.39 is 0 Å². The molecule has 2 aliphatic heterocycles. The summed E-state index contributed by atoms with van der Waals surface area (Å²) < 4.78 is 0. The number of hydrogen-bond acceptors (Lipinski definition) is 8. The van der Waals surface area contributed by atoms with E-state index >= 15 is 0 Å². The number of para-hydroxylation sites is 2. The molecule has 348 valence electrons. The van der Waals surface area contributed by atoms with Gasteiger partial charge in [-0.3, -0.25) is 0 Å². The maximum Gasteiger partial charge on any atom is 0.129 e. The second kappa shape index (κ2) is 35.5. The van der Waals surface area contributed by atoms with Crippen LogP contribution in [0.4, 0.5) is 22.7 Å². The fourth-order valence-electron chi connectivity index (χ4n) is 6.19. The maximum atomic E-state index is 5.04. The first-order valence-electron chi connectivity index (χ1n) is 18.1. The van der Waals surface area contributed by atoms with E-state index in [1.165, 1.54) is 55.6 Å². The zero-order valence-corrected chi connectivity index (χ0v) is 43.7. The van der Waals surface area contributed by atoms with Gasteiger partial charge in [-0.15, -0.1) is 73.4 Å². The number of hydrogen-bond donors (Lipinski definition) is 0. The third kappa shape index (κ3) is 19.9. The van der Waals surface area contributed by atoms with Gasteiger partial charge < -0.3 is 14.9 Å². The van der Waals surface area contributed by atoms with Gasteiger partial charge in [0.2, 0.25) is 0 Å². The van der Waals surface area contributed by atoms with Gasteiger partial charge in [-0.1, -0.05) is 86.6 Å². The topological polar surface area (TPSA) is 49.4 Å². The van der Waals surface area contributed by atoms with Gasteiger partial charge in [-0.2, -0.15) is 0 Å². The first-order chi connectivity index (χ1) is 25.9. The SMILES string of the molecule is C.C.C=C.C=C.Cc1cc(C)c(N=C2SCCSC2=Nc2c(C)cc(C)cc2C)c(C)c1.Cc1cccc(C)c1N=C1SCCSC1=Nc1c(C)cccc1C.[CH3+].[CH3+].[CH3-].[CH3-].[Ni].[Ni]. The molecule has 2 fully saturated rings. The Hall–Kier alpha value is -2.83. The fraction of sp³-hybridized carbons (Fsp3) is 0.308. The smallest absolute Gasteiger partial charge is 0.129 e. The van der Waals surface area contributed by atoms with Gasteiger partial charge in [-0.05, 0) is 114 Å². The van der Waals surface area contributed by atoms with Crippen LogP contribution >= 0.6 is 47.0 Å². The molecule has 0 spiro atoms. The minimum atomic E-state index is 0. The van der Waals surface area contributed by atoms with Crippen molar-refractivity contribution < 1.29 is 33.0 Å². The monoisotopic (exact) mass is 1000 g/mol. The standard InChI is InChI=1S/C22H26N2S2.C20H22N2S2.2C2H4.2CH4.4CH3.2Ni/c1-13-9-15(3)19(16(4)10-13)23-21-22(26-8-7-25-21)24-20-17(5)11-14(2)12-18(20)6;1-13-7-5-8-14(2)17(13)21-19-20(24-12-11-23-19)22-18-15(3)9-6-10-16(18)4;2*1-2;;;;;;;;/h9-12H,7-8H2,1-6H3;5-10H,11-12H2,1-4H3;2*1-2H2;2*1H4;4*1H3;;/q;;;;;;2*-1;2*+1;;. The van der Waals surface area contributed by atoms with Crippen LogP contribution in [0, 0.1) is 98.9 Å². The summed E-state index contributed by atoms with van der Waals surface area (Å²) in [6, 6.07) is 21.5. The summed E-state index contributed by atoms with van der Waals surface area (Å²) in [5.41, 5.74) is 16.7. The Balaban J connectivity index is -0.000000209. The van der Waals surface area contributed by atoms with Gasteiger partial charge in [0, 0.05) is 70.8 Å². The van der Waals surface area contributed by atoms with Crippen molar-refractivity contribution in [2.75, 3.05) is 23.0 Å². The molecule has 0 aromatic heterocycles. The average Bonchev–Trinajstić information content (AvgIpc) is 3.14. The van der Waals surface area contributed by atoms with Crippen LogP contribution in [0.2, 0.25) is 0 Å². The molecular weight excluding hydrogens is 926 g/mol. The van der Waals surface area contributed by atoms with E-state index in [4.69, 9.17) is 20.0 Å². The molecule has 0 saturated carbocycles. The molecule has 2 saturated heterocycles. The van der Waals surface area contributed by atoms with Crippen molar-refractivity contribution in [1.29, 1.82) is 0 Å². The summed E-state index contributed by atoms with van der Waals surface area (Å²) in [6.45, 7) is 33.3. The second-order valence-electron chi connectivity index (χ2n) is 13.0. The van der Waals surface area contributed by atoms with Gasteiger partial charge in [0.15, 0.2) is 0 Å². The molecule has 0 aliphatic carbocycles. The van der Waals surface area contributed by atoms with Crippen molar-refractivity contribution in [3.63, 3.8) is 0 Å². The van der Waals surface area contributed by atoms with Crippen LogP contribution in [0.3, 0.4) is 0 Å². The molecule has 2 aliphatic rings. The molecule has 4 aromatic carbocycles. The molecule has 0 radical (unpaired) electrons. The number of benzene rings is 4. The minimum absolute atomic E-state index is 0. The molecule has 6 rings (SSSR count). The van der Waals surface area contributed by atoms with Crippen LogP contribution in [0.1, 0.15) is 70.5 Å². The van der Waals surface area contributed by atoms with Crippen molar-refractivity contribution in [2.24, 2.45) is 20.0 Å². The number of nitrogens with zero attached hydrogens (tertiary/aromatic N) is 4. The zero-order valence-electron chi connectivity index (χ0n) is 38.5. The van der Waals surface area contributed by atoms with E-state index in [9.17, 15) is 0 Å². The molecule has 10 heteroatoms. The van der Waals surface area contributed by atoms with E-state index in [1.54, 1.807) is 0 Å². The molecule has 62 heavy (non-hydrogen) atoms. The van der Waals surface area contributed by atoms with Crippen LogP contribution in [0.15, 0.2) is 107 Å². The van der Waals surface area contributed by atoms with Crippen molar-refractivity contribution in [3.05, 3.63) is 172 Å². The van der Waals surface area contributed by atoms with Crippen LogP contribution in [-0.2, 0) is 33.0 Å². The van der Waals surface area contributed by atoms with Gasteiger partial charge in [-0.25, -0.2) is 20.0 Å². The summed E-state index contributed by atoms with van der Waals surface area (Å²) in [7, 11) is 0. The second-order valence-corrected chi connectivity index (χ2v) is 17.4. The third-order valence-electron chi connectivity index (χ3n) is 8.49. The molecule has 4 aromatic rings. The van der Waals surface area contributed by atoms with E-state index in [0.29, 0.717) is 0 Å². The molecule has 0 atom stereocenters. The number of thioether (sulfide) groups is 4. The molecular formula is C52H76N4Ni2S4. The number of rotatable bonds is 4. The quantitative estimate of drug-likeness (QED) is 0.116. The van der Waals surface area contributed by atoms with Gasteiger partial charge in [0.05, 0.1) is 22.7 Å². The van der Waals surface area contributed by atoms with E-state index in [1.807, 2.05) is 47.0 Å². The van der Waals surface area contributed by atoms with E-state index in [2.05, 4.69) is 156 Å². The molecule has 2 heterocycles. The van der Waals surface area contributed by atoms with Crippen LogP contribution < -0.4 is 0 Å². The van der Waals surface area contributed by atoms with Crippen LogP contribution in [-0.4, -0.2) is 43.2 Å². The molecule has 0 N–H and O–H groups in total. The largest absolute Gasteiger partial charge is 0.358 e. The first-order valence-corrected chi connectivity index (χ1v) is 22.0. The maximum absolute atomic E-state index is 5.04. The van der Waals surface area contributed by atoms with Crippen molar-refractivity contribution in [1.82, 2.24) is 0 Å². The summed E-state index contributed by atoms with van der Waals surface area (Å²) in [6.07, 6.45) is 0. The Kier molecular flexibility index (Phi) is 40.6. The predicted octanol–water partition coefficient (Wildman–Crippen LogP) is 17.6. The van der Waals surface area contributed by atoms with Gasteiger partial charge >= 0.3 is 0 Å². The Morgan fingerprint density at radius 2 is 0.548 bits per heavy atom. The molecule has 0 unspecified atom stereocenters. The van der Waals surface area contributed by atoms with E-state index in [0.717, 1.165) is 65.9 Å². The number of aliphatic imine (C=N–C) groups is 4. The van der Waals surface area contributed by atoms with Crippen LogP contribution in [0.25, 0.3) is 0 Å². The van der Waals surface area contributed by atoms with Crippen molar-refractivity contribution >= 4 is 90.0 Å². The average molecular weight is 1000 g/mol. The predicted molar refractivity (Wildman–Crippen MR) is 293 cm³/mol. The van der Waals surface area contributed by atoms with Crippen molar-refractivity contribution in [2.45, 2.75) is 84.1 Å². The van der Waals surface area contributed by atoms with Crippen molar-refractivity contribution in [3.8, 4) is 0 Å². The third-order valence-corrected chi connectivity index (χ3v) is 13.1. The molecule has 4 nitrogen and oxygen atoms in total. The summed E-state index contributed by atoms with van der Waals surface area (Å²) in [5.74, 6) is 4.33. The van der Waals surface area contributed by atoms with Gasteiger partial charge in [0.25, 0.3) is 0 Å². The first kappa shape index (κ1) is 70.8. The summed E-state index contributed by atoms with van der Waals surface area (Å²) in [4.78, 5) is 20.0. The Labute approximate surface area is 419 Å². The minimum Gasteiger partial charge on any atom is -0.358 e. The fourth-order valence-corrected chi connectivity index (χ4v) is 10.3. The Morgan fingerprint density at radius 1 is 0.371 bits per heavy atom. The van der Waals surface area contributed by atoms with Gasteiger partial charge in [0.1, 0.15) is 20.2 Å². The number of aryl methyl sites for hydroxylation is 10. The Morgan fingerprint density at radius 3 is 0.742 bits per heavy atom. The van der Waals surface area contributed by atoms with E-state index in [-0.39, 0.29) is 77.5 Å². The summed E-state index contributed by atoms with van der Waals surface area (Å²) >= 11 is 7.27. The molecule has 0 amide bonds. The summed E-state index contributed by atoms with van der Waals surface area (Å²) in [5, 5.41) is 4.20. The zero-order chi connectivity index (χ0) is 39.9.